The molecule has 2 aliphatic rings. The van der Waals surface area contributed by atoms with E-state index in [9.17, 15) is 4.79 Å². The Labute approximate surface area is 136 Å². The number of benzene rings is 1. The Kier molecular flexibility index (Phi) is 3.65. The third-order valence-corrected chi connectivity index (χ3v) is 4.90. The second-order valence-electron chi connectivity index (χ2n) is 6.67. The van der Waals surface area contributed by atoms with Crippen LogP contribution in [0.2, 0.25) is 0 Å². The Morgan fingerprint density at radius 3 is 2.74 bits per heavy atom. The first kappa shape index (κ1) is 14.5. The van der Waals surface area contributed by atoms with Gasteiger partial charge in [-0.2, -0.15) is 0 Å². The maximum atomic E-state index is 12.2. The molecule has 120 valence electrons. The maximum Gasteiger partial charge on any atom is 0.287 e. The molecule has 1 aliphatic carbocycles. The lowest BCUT2D eigenvalue weighted by Crippen LogP contribution is -2.59. The van der Waals surface area contributed by atoms with Crippen LogP contribution in [0.25, 0.3) is 0 Å². The zero-order chi connectivity index (χ0) is 15.8. The van der Waals surface area contributed by atoms with Crippen LogP contribution in [0, 0.1) is 0 Å². The molecule has 1 saturated carbocycles. The molecule has 1 aliphatic heterocycles. The first-order valence-corrected chi connectivity index (χ1v) is 8.35. The number of amides is 1. The second kappa shape index (κ2) is 5.81. The minimum atomic E-state index is -0.0890. The van der Waals surface area contributed by atoms with E-state index in [2.05, 4.69) is 51.4 Å². The third-order valence-electron chi connectivity index (χ3n) is 4.90. The van der Waals surface area contributed by atoms with Gasteiger partial charge in [-0.05, 0) is 25.3 Å². The number of carbonyl (C=O) groups excluding carboxylic acids is 1. The smallest absolute Gasteiger partial charge is 0.287 e. The van der Waals surface area contributed by atoms with Crippen molar-refractivity contribution in [2.24, 2.45) is 0 Å². The van der Waals surface area contributed by atoms with Crippen molar-refractivity contribution >= 4 is 5.91 Å². The van der Waals surface area contributed by atoms with E-state index in [0.717, 1.165) is 18.8 Å². The lowest BCUT2D eigenvalue weighted by atomic mass is 10.0. The van der Waals surface area contributed by atoms with Gasteiger partial charge in [-0.25, -0.2) is 4.98 Å². The normalized spacial score (nSPS) is 20.0. The molecule has 23 heavy (non-hydrogen) atoms. The number of carbonyl (C=O) groups is 1. The summed E-state index contributed by atoms with van der Waals surface area (Å²) in [7, 11) is 0. The van der Waals surface area contributed by atoms with Crippen LogP contribution in [-0.2, 0) is 0 Å². The number of hydrogen-bond acceptors (Lipinski definition) is 3. The lowest BCUT2D eigenvalue weighted by molar-refractivity contribution is 0.0669. The summed E-state index contributed by atoms with van der Waals surface area (Å²) in [6, 6.07) is 11.1. The van der Waals surface area contributed by atoms with E-state index in [0.29, 0.717) is 17.8 Å². The van der Waals surface area contributed by atoms with E-state index in [1.165, 1.54) is 18.4 Å². The van der Waals surface area contributed by atoms with Crippen molar-refractivity contribution in [2.45, 2.75) is 37.8 Å². The summed E-state index contributed by atoms with van der Waals surface area (Å²) in [6.07, 6.45) is 4.22. The number of aromatic nitrogens is 2. The Bertz CT molecular complexity index is 686. The molecule has 5 nitrogen and oxygen atoms in total. The van der Waals surface area contributed by atoms with E-state index in [4.69, 9.17) is 0 Å². The van der Waals surface area contributed by atoms with Crippen molar-refractivity contribution in [3.63, 3.8) is 0 Å². The van der Waals surface area contributed by atoms with Gasteiger partial charge in [0.15, 0.2) is 5.82 Å². The van der Waals surface area contributed by atoms with Gasteiger partial charge in [-0.1, -0.05) is 30.3 Å². The number of nitrogens with zero attached hydrogens (tertiary/aromatic N) is 2. The zero-order valence-corrected chi connectivity index (χ0v) is 13.3. The molecule has 2 aromatic rings. The molecular formula is C18H22N4O. The average molecular weight is 310 g/mol. The van der Waals surface area contributed by atoms with Gasteiger partial charge >= 0.3 is 0 Å². The van der Waals surface area contributed by atoms with Crippen LogP contribution >= 0.6 is 0 Å². The van der Waals surface area contributed by atoms with E-state index in [1.807, 2.05) is 6.07 Å². The van der Waals surface area contributed by atoms with Gasteiger partial charge in [-0.3, -0.25) is 9.69 Å². The number of hydrogen-bond donors (Lipinski definition) is 2. The van der Waals surface area contributed by atoms with Crippen LogP contribution in [0.3, 0.4) is 0 Å². The highest BCUT2D eigenvalue weighted by Gasteiger charge is 2.33. The highest BCUT2D eigenvalue weighted by atomic mass is 16.2. The van der Waals surface area contributed by atoms with Crippen LogP contribution in [0.1, 0.15) is 53.6 Å². The molecule has 0 radical (unpaired) electrons. The number of imidazole rings is 1. The Hall–Kier alpha value is -2.14. The zero-order valence-electron chi connectivity index (χ0n) is 13.3. The molecular weight excluding hydrogens is 288 g/mol. The summed E-state index contributed by atoms with van der Waals surface area (Å²) in [4.78, 5) is 22.0. The predicted molar refractivity (Wildman–Crippen MR) is 88.2 cm³/mol. The maximum absolute atomic E-state index is 12.2. The molecule has 4 rings (SSSR count). The van der Waals surface area contributed by atoms with Crippen LogP contribution in [0.15, 0.2) is 36.5 Å². The van der Waals surface area contributed by atoms with Crippen molar-refractivity contribution in [3.05, 3.63) is 53.6 Å². The number of aromatic amines is 1. The predicted octanol–water partition coefficient (Wildman–Crippen LogP) is 2.46. The molecule has 1 aromatic carbocycles. The van der Waals surface area contributed by atoms with Crippen LogP contribution in [-0.4, -0.2) is 39.9 Å². The number of rotatable bonds is 5. The first-order valence-electron chi connectivity index (χ1n) is 8.35. The van der Waals surface area contributed by atoms with Gasteiger partial charge in [-0.15, -0.1) is 0 Å². The summed E-state index contributed by atoms with van der Waals surface area (Å²) in [5.41, 5.74) is 2.42. The summed E-state index contributed by atoms with van der Waals surface area (Å²) in [5.74, 6) is 0.949. The van der Waals surface area contributed by atoms with Crippen molar-refractivity contribution in [1.82, 2.24) is 20.2 Å². The molecule has 2 fully saturated rings. The fraction of sp³-hybridized carbons (Fsp3) is 0.444. The van der Waals surface area contributed by atoms with Crippen molar-refractivity contribution in [3.8, 4) is 0 Å². The van der Waals surface area contributed by atoms with Crippen LogP contribution in [0.5, 0.6) is 0 Å². The van der Waals surface area contributed by atoms with Gasteiger partial charge in [0.05, 0.1) is 6.04 Å². The largest absolute Gasteiger partial charge is 0.344 e. The highest BCUT2D eigenvalue weighted by Crippen LogP contribution is 2.38. The van der Waals surface area contributed by atoms with E-state index >= 15 is 0 Å². The van der Waals surface area contributed by atoms with E-state index < -0.39 is 0 Å². The molecule has 2 heterocycles. The van der Waals surface area contributed by atoms with Crippen LogP contribution in [0.4, 0.5) is 0 Å². The molecule has 5 heteroatoms. The van der Waals surface area contributed by atoms with Gasteiger partial charge in [0, 0.05) is 36.9 Å². The number of H-pyrrole nitrogens is 1. The van der Waals surface area contributed by atoms with Crippen molar-refractivity contribution in [2.75, 3.05) is 13.1 Å². The summed E-state index contributed by atoms with van der Waals surface area (Å²) in [5, 5.41) is 3.07. The fourth-order valence-electron chi connectivity index (χ4n) is 3.17. The molecule has 0 spiro atoms. The van der Waals surface area contributed by atoms with Crippen molar-refractivity contribution in [1.29, 1.82) is 0 Å². The van der Waals surface area contributed by atoms with Crippen molar-refractivity contribution < 1.29 is 4.79 Å². The molecule has 2 N–H and O–H groups in total. The molecule has 0 unspecified atom stereocenters. The SMILES string of the molecule is C[C@H](c1ccccc1)N1CC(NC(=O)c2ncc(C3CC3)[nH]2)C1. The van der Waals surface area contributed by atoms with Gasteiger partial charge in [0.1, 0.15) is 0 Å². The molecule has 0 bridgehead atoms. The quantitative estimate of drug-likeness (QED) is 0.892. The average Bonchev–Trinajstić information content (AvgIpc) is 3.27. The lowest BCUT2D eigenvalue weighted by Gasteiger charge is -2.43. The molecule has 1 amide bonds. The molecule has 1 aromatic heterocycles. The topological polar surface area (TPSA) is 61.0 Å². The van der Waals surface area contributed by atoms with Gasteiger partial charge in [0.2, 0.25) is 0 Å². The van der Waals surface area contributed by atoms with Gasteiger partial charge < -0.3 is 10.3 Å². The standard InChI is InChI=1S/C18H22N4O/c1-12(13-5-3-2-4-6-13)22-10-15(11-22)20-18(23)17-19-9-16(21-17)14-7-8-14/h2-6,9,12,14-15H,7-8,10-11H2,1H3,(H,19,21)(H,20,23)/t12-/m1/s1. The van der Waals surface area contributed by atoms with Crippen LogP contribution < -0.4 is 5.32 Å². The van der Waals surface area contributed by atoms with Gasteiger partial charge in [0.25, 0.3) is 5.91 Å². The molecule has 1 atom stereocenters. The Balaban J connectivity index is 1.29. The summed E-state index contributed by atoms with van der Waals surface area (Å²) >= 11 is 0. The monoisotopic (exact) mass is 310 g/mol. The number of nitrogens with one attached hydrogen (secondary N) is 2. The number of likely N-dealkylation sites (tertiary alicyclic amines) is 1. The Morgan fingerprint density at radius 1 is 1.30 bits per heavy atom. The second-order valence-corrected chi connectivity index (χ2v) is 6.67. The highest BCUT2D eigenvalue weighted by molar-refractivity contribution is 5.90. The fourth-order valence-corrected chi connectivity index (χ4v) is 3.17. The Morgan fingerprint density at radius 2 is 2.04 bits per heavy atom. The summed E-state index contributed by atoms with van der Waals surface area (Å²) in [6.45, 7) is 3.98. The minimum Gasteiger partial charge on any atom is -0.344 e. The van der Waals surface area contributed by atoms with E-state index in [-0.39, 0.29) is 11.9 Å². The summed E-state index contributed by atoms with van der Waals surface area (Å²) < 4.78 is 0. The minimum absolute atomic E-state index is 0.0890. The third kappa shape index (κ3) is 3.01. The molecule has 1 saturated heterocycles. The van der Waals surface area contributed by atoms with E-state index in [1.54, 1.807) is 6.20 Å². The first-order chi connectivity index (χ1) is 11.2.